The Morgan fingerprint density at radius 1 is 1.15 bits per heavy atom. The van der Waals surface area contributed by atoms with Gasteiger partial charge in [-0.2, -0.15) is 0 Å². The molecule has 27 heavy (non-hydrogen) atoms. The fourth-order valence-corrected chi connectivity index (χ4v) is 3.92. The topological polar surface area (TPSA) is 58.6 Å². The summed E-state index contributed by atoms with van der Waals surface area (Å²) in [5, 5.41) is 0. The molecule has 1 aromatic carbocycles. The number of hydrogen-bond donors (Lipinski definition) is 0. The number of piperidine rings is 1. The summed E-state index contributed by atoms with van der Waals surface area (Å²) in [5.41, 5.74) is 3.19. The van der Waals surface area contributed by atoms with Crippen molar-refractivity contribution >= 4 is 11.6 Å². The largest absolute Gasteiger partial charge is 0.476 e. The number of nitrogens with zero attached hydrogens (tertiary/aromatic N) is 4. The molecule has 0 atom stereocenters. The van der Waals surface area contributed by atoms with E-state index in [1.165, 1.54) is 5.56 Å². The number of amides is 1. The van der Waals surface area contributed by atoms with Crippen LogP contribution < -0.4 is 9.64 Å². The summed E-state index contributed by atoms with van der Waals surface area (Å²) in [4.78, 5) is 25.4. The maximum Gasteiger partial charge on any atom is 0.241 e. The molecule has 2 aliphatic rings. The number of anilines is 1. The van der Waals surface area contributed by atoms with Gasteiger partial charge in [0, 0.05) is 24.6 Å². The smallest absolute Gasteiger partial charge is 0.241 e. The van der Waals surface area contributed by atoms with Crippen molar-refractivity contribution in [2.45, 2.75) is 26.2 Å². The molecular weight excluding hydrogens is 340 g/mol. The van der Waals surface area contributed by atoms with Gasteiger partial charge in [-0.1, -0.05) is 18.2 Å². The average Bonchev–Trinajstić information content (AvgIpc) is 3.13. The average molecular weight is 366 g/mol. The van der Waals surface area contributed by atoms with Crippen LogP contribution in [-0.4, -0.2) is 53.6 Å². The van der Waals surface area contributed by atoms with Crippen LogP contribution in [0.1, 0.15) is 24.1 Å². The molecule has 0 saturated carbocycles. The molecule has 1 fully saturated rings. The molecule has 1 amide bonds. The Kier molecular flexibility index (Phi) is 5.34. The van der Waals surface area contributed by atoms with Crippen molar-refractivity contribution in [3.05, 3.63) is 47.9 Å². The predicted octanol–water partition coefficient (Wildman–Crippen LogP) is 2.47. The van der Waals surface area contributed by atoms with Crippen LogP contribution in [0.3, 0.4) is 0 Å². The molecule has 142 valence electrons. The molecule has 0 N–H and O–H groups in total. The predicted molar refractivity (Wildman–Crippen MR) is 104 cm³/mol. The number of likely N-dealkylation sites (tertiary alicyclic amines) is 1. The van der Waals surface area contributed by atoms with Gasteiger partial charge in [0.15, 0.2) is 0 Å². The van der Waals surface area contributed by atoms with E-state index in [1.807, 2.05) is 24.0 Å². The van der Waals surface area contributed by atoms with E-state index >= 15 is 0 Å². The van der Waals surface area contributed by atoms with E-state index in [4.69, 9.17) is 4.74 Å². The quantitative estimate of drug-likeness (QED) is 0.814. The first-order valence-electron chi connectivity index (χ1n) is 9.72. The highest BCUT2D eigenvalue weighted by Crippen LogP contribution is 2.28. The molecular formula is C21H26N4O2. The van der Waals surface area contributed by atoms with Gasteiger partial charge in [-0.3, -0.25) is 14.7 Å². The first-order chi connectivity index (χ1) is 13.2. The van der Waals surface area contributed by atoms with E-state index in [0.29, 0.717) is 24.9 Å². The van der Waals surface area contributed by atoms with E-state index in [9.17, 15) is 4.79 Å². The van der Waals surface area contributed by atoms with Crippen molar-refractivity contribution in [2.24, 2.45) is 5.92 Å². The van der Waals surface area contributed by atoms with Crippen LogP contribution in [0, 0.1) is 12.8 Å². The standard InChI is InChI=1S/C21H26N4O2/c1-16-21(23-10-9-22-16)27-15-17-6-11-24(12-7-17)14-20(26)25-13-8-18-4-2-3-5-19(18)25/h2-5,9-10,17H,6-8,11-15H2,1H3. The van der Waals surface area contributed by atoms with Gasteiger partial charge in [-0.15, -0.1) is 0 Å². The second-order valence-electron chi connectivity index (χ2n) is 7.40. The van der Waals surface area contributed by atoms with Crippen molar-refractivity contribution in [1.29, 1.82) is 0 Å². The Balaban J connectivity index is 1.24. The van der Waals surface area contributed by atoms with E-state index in [1.54, 1.807) is 12.4 Å². The Labute approximate surface area is 160 Å². The van der Waals surface area contributed by atoms with Crippen molar-refractivity contribution in [3.63, 3.8) is 0 Å². The molecule has 0 spiro atoms. The number of benzene rings is 1. The number of fused-ring (bicyclic) bond motifs is 1. The summed E-state index contributed by atoms with van der Waals surface area (Å²) in [6.45, 7) is 5.77. The van der Waals surface area contributed by atoms with Crippen LogP contribution in [0.2, 0.25) is 0 Å². The lowest BCUT2D eigenvalue weighted by Gasteiger charge is -2.32. The number of aromatic nitrogens is 2. The van der Waals surface area contributed by atoms with Crippen LogP contribution in [0.5, 0.6) is 5.88 Å². The lowest BCUT2D eigenvalue weighted by Crippen LogP contribution is -2.43. The number of ether oxygens (including phenoxy) is 1. The minimum absolute atomic E-state index is 0.213. The van der Waals surface area contributed by atoms with Gasteiger partial charge in [-0.25, -0.2) is 4.98 Å². The second-order valence-corrected chi connectivity index (χ2v) is 7.40. The molecule has 2 aliphatic heterocycles. The van der Waals surface area contributed by atoms with Gasteiger partial charge in [0.25, 0.3) is 0 Å². The van der Waals surface area contributed by atoms with Crippen LogP contribution in [0.25, 0.3) is 0 Å². The molecule has 6 heteroatoms. The number of para-hydroxylation sites is 1. The normalized spacial score (nSPS) is 17.7. The van der Waals surface area contributed by atoms with Gasteiger partial charge in [0.2, 0.25) is 11.8 Å². The van der Waals surface area contributed by atoms with E-state index in [2.05, 4.69) is 27.0 Å². The van der Waals surface area contributed by atoms with Crippen molar-refractivity contribution in [3.8, 4) is 5.88 Å². The zero-order chi connectivity index (χ0) is 18.6. The molecule has 4 rings (SSSR count). The molecule has 6 nitrogen and oxygen atoms in total. The SMILES string of the molecule is Cc1nccnc1OCC1CCN(CC(=O)N2CCc3ccccc32)CC1. The highest BCUT2D eigenvalue weighted by molar-refractivity contribution is 5.96. The molecule has 0 unspecified atom stereocenters. The molecule has 3 heterocycles. The minimum atomic E-state index is 0.213. The van der Waals surface area contributed by atoms with Crippen molar-refractivity contribution in [1.82, 2.24) is 14.9 Å². The van der Waals surface area contributed by atoms with Crippen LogP contribution in [0.15, 0.2) is 36.7 Å². The first-order valence-corrected chi connectivity index (χ1v) is 9.72. The van der Waals surface area contributed by atoms with Gasteiger partial charge in [0.1, 0.15) is 0 Å². The summed E-state index contributed by atoms with van der Waals surface area (Å²) < 4.78 is 5.85. The molecule has 1 aromatic heterocycles. The monoisotopic (exact) mass is 366 g/mol. The van der Waals surface area contributed by atoms with Gasteiger partial charge in [0.05, 0.1) is 18.8 Å². The van der Waals surface area contributed by atoms with Crippen LogP contribution >= 0.6 is 0 Å². The lowest BCUT2D eigenvalue weighted by atomic mass is 9.98. The summed E-state index contributed by atoms with van der Waals surface area (Å²) >= 11 is 0. The fraction of sp³-hybridized carbons (Fsp3) is 0.476. The first kappa shape index (κ1) is 17.9. The molecule has 0 radical (unpaired) electrons. The molecule has 0 bridgehead atoms. The van der Waals surface area contributed by atoms with E-state index in [-0.39, 0.29) is 5.91 Å². The lowest BCUT2D eigenvalue weighted by molar-refractivity contribution is -0.120. The van der Waals surface area contributed by atoms with E-state index < -0.39 is 0 Å². The molecule has 0 aliphatic carbocycles. The number of hydrogen-bond acceptors (Lipinski definition) is 5. The van der Waals surface area contributed by atoms with Gasteiger partial charge in [-0.05, 0) is 56.8 Å². The number of carbonyl (C=O) groups excluding carboxylic acids is 1. The number of carbonyl (C=O) groups is 1. The molecule has 1 saturated heterocycles. The third-order valence-electron chi connectivity index (χ3n) is 5.55. The van der Waals surface area contributed by atoms with Crippen molar-refractivity contribution < 1.29 is 9.53 Å². The fourth-order valence-electron chi connectivity index (χ4n) is 3.92. The Morgan fingerprint density at radius 3 is 2.74 bits per heavy atom. The number of rotatable bonds is 5. The third-order valence-corrected chi connectivity index (χ3v) is 5.55. The maximum atomic E-state index is 12.8. The zero-order valence-corrected chi connectivity index (χ0v) is 15.8. The Hall–Kier alpha value is -2.47. The third kappa shape index (κ3) is 4.11. The number of aryl methyl sites for hydroxylation is 1. The Bertz CT molecular complexity index is 802. The van der Waals surface area contributed by atoms with Crippen molar-refractivity contribution in [2.75, 3.05) is 37.7 Å². The summed E-state index contributed by atoms with van der Waals surface area (Å²) in [5.74, 6) is 1.35. The molecule has 2 aromatic rings. The van der Waals surface area contributed by atoms with Crippen LogP contribution in [-0.2, 0) is 11.2 Å². The van der Waals surface area contributed by atoms with Gasteiger partial charge >= 0.3 is 0 Å². The highest BCUT2D eigenvalue weighted by atomic mass is 16.5. The minimum Gasteiger partial charge on any atom is -0.476 e. The zero-order valence-electron chi connectivity index (χ0n) is 15.8. The van der Waals surface area contributed by atoms with E-state index in [0.717, 1.165) is 50.3 Å². The summed E-state index contributed by atoms with van der Waals surface area (Å²) in [7, 11) is 0. The van der Waals surface area contributed by atoms with Gasteiger partial charge < -0.3 is 9.64 Å². The maximum absolute atomic E-state index is 12.8. The second kappa shape index (κ2) is 8.05. The summed E-state index contributed by atoms with van der Waals surface area (Å²) in [6.07, 6.45) is 6.39. The highest BCUT2D eigenvalue weighted by Gasteiger charge is 2.27. The summed E-state index contributed by atoms with van der Waals surface area (Å²) in [6, 6.07) is 8.22. The Morgan fingerprint density at radius 2 is 1.93 bits per heavy atom. The van der Waals surface area contributed by atoms with Crippen LogP contribution in [0.4, 0.5) is 5.69 Å².